The smallest absolute Gasteiger partial charge is 0.358 e. The number of nitrogens with one attached hydrogen (secondary N) is 1. The number of rotatable bonds is 9. The maximum atomic E-state index is 11.9. The molecule has 7 heteroatoms. The van der Waals surface area contributed by atoms with Crippen LogP contribution in [-0.2, 0) is 4.74 Å². The zero-order chi connectivity index (χ0) is 19.8. The lowest BCUT2D eigenvalue weighted by Gasteiger charge is -2.16. The summed E-state index contributed by atoms with van der Waals surface area (Å²) in [5.41, 5.74) is 1.57. The fraction of sp³-hybridized carbons (Fsp3) is 0.429. The van der Waals surface area contributed by atoms with E-state index < -0.39 is 5.97 Å². The topological polar surface area (TPSA) is 72.9 Å². The Balaban J connectivity index is 1.66. The van der Waals surface area contributed by atoms with Crippen LogP contribution in [0.15, 0.2) is 36.5 Å². The van der Waals surface area contributed by atoms with Gasteiger partial charge in [0.2, 0.25) is 0 Å². The van der Waals surface area contributed by atoms with Crippen LogP contribution in [0.2, 0.25) is 0 Å². The van der Waals surface area contributed by atoms with Crippen molar-refractivity contribution in [1.82, 2.24) is 9.88 Å². The minimum absolute atomic E-state index is 0.230. The summed E-state index contributed by atoms with van der Waals surface area (Å²) in [5.74, 6) is 0.846. The van der Waals surface area contributed by atoms with Crippen molar-refractivity contribution in [2.45, 2.75) is 19.3 Å². The first kappa shape index (κ1) is 19.9. The molecule has 150 valence electrons. The highest BCUT2D eigenvalue weighted by atomic mass is 16.5. The van der Waals surface area contributed by atoms with Gasteiger partial charge in [0.05, 0.1) is 26.5 Å². The summed E-state index contributed by atoms with van der Waals surface area (Å²) in [6.07, 6.45) is 5.12. The zero-order valence-electron chi connectivity index (χ0n) is 16.4. The molecular formula is C21H27N3O4. The van der Waals surface area contributed by atoms with Gasteiger partial charge in [-0.1, -0.05) is 0 Å². The molecule has 0 aliphatic carbocycles. The number of ether oxygens (including phenoxy) is 3. The van der Waals surface area contributed by atoms with E-state index in [1.807, 2.05) is 18.2 Å². The Morgan fingerprint density at radius 1 is 1.18 bits per heavy atom. The van der Waals surface area contributed by atoms with E-state index in [2.05, 4.69) is 15.2 Å². The summed E-state index contributed by atoms with van der Waals surface area (Å²) in [6, 6.07) is 9.10. The molecule has 0 amide bonds. The maximum absolute atomic E-state index is 11.9. The van der Waals surface area contributed by atoms with E-state index >= 15 is 0 Å². The van der Waals surface area contributed by atoms with Crippen molar-refractivity contribution in [2.24, 2.45) is 0 Å². The first-order chi connectivity index (χ1) is 13.7. The summed E-state index contributed by atoms with van der Waals surface area (Å²) in [7, 11) is 2.96. The molecule has 1 aromatic heterocycles. The third kappa shape index (κ3) is 5.13. The Labute approximate surface area is 165 Å². The van der Waals surface area contributed by atoms with Crippen LogP contribution in [-0.4, -0.2) is 56.3 Å². The predicted molar refractivity (Wildman–Crippen MR) is 108 cm³/mol. The molecular weight excluding hydrogens is 358 g/mol. The van der Waals surface area contributed by atoms with Gasteiger partial charge in [-0.15, -0.1) is 0 Å². The van der Waals surface area contributed by atoms with Gasteiger partial charge in [0, 0.05) is 24.5 Å². The minimum Gasteiger partial charge on any atom is -0.493 e. The Morgan fingerprint density at radius 3 is 2.75 bits per heavy atom. The van der Waals surface area contributed by atoms with Crippen LogP contribution in [0.5, 0.6) is 11.5 Å². The third-order valence-corrected chi connectivity index (χ3v) is 4.70. The molecule has 0 unspecified atom stereocenters. The maximum Gasteiger partial charge on any atom is 0.358 e. The molecule has 0 saturated carbocycles. The van der Waals surface area contributed by atoms with Crippen LogP contribution in [0.3, 0.4) is 0 Å². The van der Waals surface area contributed by atoms with Gasteiger partial charge < -0.3 is 24.4 Å². The van der Waals surface area contributed by atoms with E-state index in [4.69, 9.17) is 14.2 Å². The second kappa shape index (κ2) is 9.94. The number of esters is 1. The van der Waals surface area contributed by atoms with Crippen molar-refractivity contribution in [3.05, 3.63) is 42.2 Å². The molecule has 1 aliphatic rings. The summed E-state index contributed by atoms with van der Waals surface area (Å²) in [4.78, 5) is 18.5. The average Bonchev–Trinajstić information content (AvgIpc) is 3.25. The van der Waals surface area contributed by atoms with Crippen LogP contribution in [0.1, 0.15) is 29.8 Å². The molecule has 0 bridgehead atoms. The molecule has 1 fully saturated rings. The molecule has 1 N–H and O–H groups in total. The van der Waals surface area contributed by atoms with Gasteiger partial charge in [0.15, 0.2) is 17.2 Å². The van der Waals surface area contributed by atoms with E-state index in [9.17, 15) is 4.79 Å². The molecule has 7 nitrogen and oxygen atoms in total. The van der Waals surface area contributed by atoms with Crippen molar-refractivity contribution in [2.75, 3.05) is 45.8 Å². The van der Waals surface area contributed by atoms with Gasteiger partial charge in [0.1, 0.15) is 0 Å². The first-order valence-corrected chi connectivity index (χ1v) is 9.55. The van der Waals surface area contributed by atoms with Crippen LogP contribution >= 0.6 is 0 Å². The molecule has 1 saturated heterocycles. The lowest BCUT2D eigenvalue weighted by atomic mass is 10.2. The number of aromatic nitrogens is 1. The van der Waals surface area contributed by atoms with Crippen LogP contribution in [0, 0.1) is 0 Å². The minimum atomic E-state index is -0.491. The molecule has 0 radical (unpaired) electrons. The third-order valence-electron chi connectivity index (χ3n) is 4.70. The van der Waals surface area contributed by atoms with Gasteiger partial charge in [-0.25, -0.2) is 9.78 Å². The van der Waals surface area contributed by atoms with E-state index in [0.29, 0.717) is 23.8 Å². The van der Waals surface area contributed by atoms with Gasteiger partial charge in [0.25, 0.3) is 0 Å². The summed E-state index contributed by atoms with van der Waals surface area (Å²) >= 11 is 0. The SMILES string of the molecule is COC(=O)c1ncccc1Nc1ccc(OC)c(OCCCN2CCCC2)c1. The number of carbonyl (C=O) groups is 1. The van der Waals surface area contributed by atoms with E-state index in [0.717, 1.165) is 18.7 Å². The fourth-order valence-corrected chi connectivity index (χ4v) is 3.26. The van der Waals surface area contributed by atoms with E-state index in [-0.39, 0.29) is 5.69 Å². The largest absolute Gasteiger partial charge is 0.493 e. The van der Waals surface area contributed by atoms with Crippen LogP contribution in [0.4, 0.5) is 11.4 Å². The fourth-order valence-electron chi connectivity index (χ4n) is 3.26. The molecule has 1 aliphatic heterocycles. The van der Waals surface area contributed by atoms with Crippen molar-refractivity contribution in [1.29, 1.82) is 0 Å². The normalized spacial score (nSPS) is 13.9. The summed E-state index contributed by atoms with van der Waals surface area (Å²) in [5, 5.41) is 3.21. The number of nitrogens with zero attached hydrogens (tertiary/aromatic N) is 2. The standard InChI is InChI=1S/C21H27N3O4/c1-26-18-9-8-16(23-17-7-5-10-22-20(17)21(25)27-2)15-19(18)28-14-6-13-24-11-3-4-12-24/h5,7-10,15,23H,3-4,6,11-14H2,1-2H3. The quantitative estimate of drug-likeness (QED) is 0.523. The number of hydrogen-bond donors (Lipinski definition) is 1. The highest BCUT2D eigenvalue weighted by Gasteiger charge is 2.14. The van der Waals surface area contributed by atoms with Gasteiger partial charge in [-0.05, 0) is 56.6 Å². The molecule has 3 rings (SSSR count). The van der Waals surface area contributed by atoms with Crippen molar-refractivity contribution in [3.8, 4) is 11.5 Å². The number of anilines is 2. The second-order valence-corrected chi connectivity index (χ2v) is 6.63. The van der Waals surface area contributed by atoms with Crippen molar-refractivity contribution in [3.63, 3.8) is 0 Å². The predicted octanol–water partition coefficient (Wildman–Crippen LogP) is 3.49. The lowest BCUT2D eigenvalue weighted by Crippen LogP contribution is -2.21. The Hall–Kier alpha value is -2.80. The number of hydrogen-bond acceptors (Lipinski definition) is 7. The molecule has 0 atom stereocenters. The van der Waals surface area contributed by atoms with E-state index in [1.165, 1.54) is 33.0 Å². The molecule has 1 aromatic carbocycles. The van der Waals surface area contributed by atoms with Gasteiger partial charge >= 0.3 is 5.97 Å². The number of pyridine rings is 1. The molecule has 2 heterocycles. The summed E-state index contributed by atoms with van der Waals surface area (Å²) in [6.45, 7) is 4.06. The van der Waals surface area contributed by atoms with Crippen molar-refractivity contribution >= 4 is 17.3 Å². The number of benzene rings is 1. The Morgan fingerprint density at radius 2 is 2.00 bits per heavy atom. The highest BCUT2D eigenvalue weighted by molar-refractivity contribution is 5.94. The van der Waals surface area contributed by atoms with Crippen LogP contribution in [0.25, 0.3) is 0 Å². The average molecular weight is 385 g/mol. The molecule has 2 aromatic rings. The second-order valence-electron chi connectivity index (χ2n) is 6.63. The van der Waals surface area contributed by atoms with Gasteiger partial charge in [-0.3, -0.25) is 0 Å². The number of likely N-dealkylation sites (tertiary alicyclic amines) is 1. The Kier molecular flexibility index (Phi) is 7.08. The van der Waals surface area contributed by atoms with Crippen LogP contribution < -0.4 is 14.8 Å². The van der Waals surface area contributed by atoms with E-state index in [1.54, 1.807) is 25.4 Å². The Bertz CT molecular complexity index is 791. The monoisotopic (exact) mass is 385 g/mol. The molecule has 0 spiro atoms. The first-order valence-electron chi connectivity index (χ1n) is 9.55. The summed E-state index contributed by atoms with van der Waals surface area (Å²) < 4.78 is 16.2. The molecule has 28 heavy (non-hydrogen) atoms. The number of carbonyl (C=O) groups excluding carboxylic acids is 1. The lowest BCUT2D eigenvalue weighted by molar-refractivity contribution is 0.0595. The van der Waals surface area contributed by atoms with Gasteiger partial charge in [-0.2, -0.15) is 0 Å². The zero-order valence-corrected chi connectivity index (χ0v) is 16.4. The number of methoxy groups -OCH3 is 2. The van der Waals surface area contributed by atoms with Crippen molar-refractivity contribution < 1.29 is 19.0 Å². The highest BCUT2D eigenvalue weighted by Crippen LogP contribution is 2.32.